The van der Waals surface area contributed by atoms with Crippen LogP contribution in [0.2, 0.25) is 0 Å². The van der Waals surface area contributed by atoms with Crippen molar-refractivity contribution in [2.45, 2.75) is 77.4 Å². The zero-order valence-electron chi connectivity index (χ0n) is 21.9. The molecule has 2 atom stereocenters. The van der Waals surface area contributed by atoms with E-state index in [0.29, 0.717) is 18.8 Å². The number of aromatic amines is 1. The second-order valence-electron chi connectivity index (χ2n) is 10.2. The number of halogens is 1. The van der Waals surface area contributed by atoms with Gasteiger partial charge in [-0.05, 0) is 46.9 Å². The van der Waals surface area contributed by atoms with Gasteiger partial charge in [-0.3, -0.25) is 0 Å². The number of hydrogen-bond donors (Lipinski definition) is 2. The van der Waals surface area contributed by atoms with E-state index in [1.165, 1.54) is 11.4 Å². The van der Waals surface area contributed by atoms with Gasteiger partial charge in [0.1, 0.15) is 11.0 Å². The molecule has 11 nitrogen and oxygen atoms in total. The molecule has 2 heterocycles. The number of unbranched alkanes of at least 4 members (excludes halogenated alkanes) is 1. The molecular formula is C24H34ClN7O4S. The summed E-state index contributed by atoms with van der Waals surface area (Å²) in [5.74, 6) is -0.0378. The van der Waals surface area contributed by atoms with Gasteiger partial charge in [0.15, 0.2) is 5.82 Å². The molecule has 0 radical (unpaired) electrons. The van der Waals surface area contributed by atoms with Gasteiger partial charge in [-0.25, -0.2) is 23.3 Å². The van der Waals surface area contributed by atoms with Gasteiger partial charge in [-0.15, -0.1) is 5.10 Å². The molecule has 2 aromatic rings. The second kappa shape index (κ2) is 11.3. The Morgan fingerprint density at radius 1 is 1.27 bits per heavy atom. The number of hydrogen-bond acceptors (Lipinski definition) is 8. The van der Waals surface area contributed by atoms with Crippen LogP contribution in [0, 0.1) is 5.41 Å². The number of rotatable bonds is 10. The molecule has 37 heavy (non-hydrogen) atoms. The highest BCUT2D eigenvalue weighted by molar-refractivity contribution is 7.89. The topological polar surface area (TPSA) is 145 Å². The normalized spacial score (nSPS) is 17.8. The first-order valence-corrected chi connectivity index (χ1v) is 13.9. The van der Waals surface area contributed by atoms with E-state index in [1.54, 1.807) is 31.2 Å². The lowest BCUT2D eigenvalue weighted by molar-refractivity contribution is -0.133. The third-order valence-corrected chi connectivity index (χ3v) is 8.53. The van der Waals surface area contributed by atoms with Crippen molar-refractivity contribution >= 4 is 33.4 Å². The quantitative estimate of drug-likeness (QED) is 0.422. The molecular weight excluding hydrogens is 518 g/mol. The minimum atomic E-state index is -3.88. The maximum atomic E-state index is 13.5. The van der Waals surface area contributed by atoms with Gasteiger partial charge < -0.3 is 10.0 Å². The van der Waals surface area contributed by atoms with Crippen LogP contribution in [0.25, 0.3) is 0 Å². The average molecular weight is 552 g/mol. The number of aromatic nitrogens is 4. The maximum absolute atomic E-state index is 13.5. The van der Waals surface area contributed by atoms with Crippen molar-refractivity contribution in [3.05, 3.63) is 46.4 Å². The largest absolute Gasteiger partial charge is 0.478 e. The molecule has 1 aromatic carbocycles. The van der Waals surface area contributed by atoms with Crippen LogP contribution in [-0.4, -0.2) is 68.2 Å². The van der Waals surface area contributed by atoms with E-state index in [2.05, 4.69) is 32.5 Å². The number of nitrogens with zero attached hydrogens (tertiary/aromatic N) is 6. The van der Waals surface area contributed by atoms with Gasteiger partial charge in [0, 0.05) is 20.0 Å². The summed E-state index contributed by atoms with van der Waals surface area (Å²) < 4.78 is 28.3. The Morgan fingerprint density at radius 3 is 2.43 bits per heavy atom. The summed E-state index contributed by atoms with van der Waals surface area (Å²) >= 11 is 6.21. The molecule has 0 saturated carbocycles. The van der Waals surface area contributed by atoms with Crippen LogP contribution in [0.4, 0.5) is 0 Å². The molecule has 1 aromatic heterocycles. The molecule has 3 rings (SSSR count). The van der Waals surface area contributed by atoms with Crippen LogP contribution in [-0.2, 0) is 21.4 Å². The SMILES string of the molecule is CCCCC1=NC(Cl)=C(C(=O)O)C(C)N1Cc1ccc(S(=O)(=O)N(C)C(c2nnn[nH]2)C(C)(C)C)cc1. The van der Waals surface area contributed by atoms with Gasteiger partial charge in [0.25, 0.3) is 0 Å². The van der Waals surface area contributed by atoms with Crippen molar-refractivity contribution in [3.8, 4) is 0 Å². The molecule has 0 fully saturated rings. The fourth-order valence-corrected chi connectivity index (χ4v) is 6.34. The number of carboxylic acids is 1. The van der Waals surface area contributed by atoms with Gasteiger partial charge in [-0.2, -0.15) is 4.31 Å². The molecule has 0 amide bonds. The van der Waals surface area contributed by atoms with Crippen molar-refractivity contribution < 1.29 is 18.3 Å². The van der Waals surface area contributed by atoms with E-state index in [9.17, 15) is 18.3 Å². The number of sulfonamides is 1. The predicted octanol–water partition coefficient (Wildman–Crippen LogP) is 3.94. The number of aliphatic carboxylic acids is 1. The molecule has 2 unspecified atom stereocenters. The summed E-state index contributed by atoms with van der Waals surface area (Å²) in [6, 6.07) is 5.45. The first-order chi connectivity index (χ1) is 17.3. The summed E-state index contributed by atoms with van der Waals surface area (Å²) in [5.41, 5.74) is 0.364. The Bertz CT molecular complexity index is 1270. The molecule has 0 bridgehead atoms. The summed E-state index contributed by atoms with van der Waals surface area (Å²) in [5, 5.41) is 23.5. The predicted molar refractivity (Wildman–Crippen MR) is 140 cm³/mol. The molecule has 0 saturated heterocycles. The monoisotopic (exact) mass is 551 g/mol. The van der Waals surface area contributed by atoms with Gasteiger partial charge >= 0.3 is 5.97 Å². The van der Waals surface area contributed by atoms with Crippen LogP contribution >= 0.6 is 11.6 Å². The molecule has 1 aliphatic rings. The third-order valence-electron chi connectivity index (χ3n) is 6.41. The minimum Gasteiger partial charge on any atom is -0.478 e. The number of benzene rings is 1. The standard InChI is InChI=1S/C24H34ClN7O4S/c1-7-8-9-18-26-21(25)19(23(33)34)15(2)32(18)14-16-10-12-17(13-11-16)37(35,36)31(6)20(24(3,4)5)22-27-29-30-28-22/h10-13,15,20H,7-9,14H2,1-6H3,(H,33,34)(H,27,28,29,30). The van der Waals surface area contributed by atoms with E-state index in [0.717, 1.165) is 24.2 Å². The van der Waals surface area contributed by atoms with Crippen LogP contribution in [0.1, 0.15) is 71.3 Å². The number of nitrogens with one attached hydrogen (secondary N) is 1. The second-order valence-corrected chi connectivity index (χ2v) is 12.5. The highest BCUT2D eigenvalue weighted by atomic mass is 35.5. The van der Waals surface area contributed by atoms with Crippen molar-refractivity contribution in [2.75, 3.05) is 7.05 Å². The number of carboxylic acid groups (broad SMARTS) is 1. The Morgan fingerprint density at radius 2 is 1.92 bits per heavy atom. The number of aliphatic imine (C=N–C) groups is 1. The smallest absolute Gasteiger partial charge is 0.336 e. The van der Waals surface area contributed by atoms with E-state index in [1.807, 2.05) is 25.7 Å². The first kappa shape index (κ1) is 28.7. The highest BCUT2D eigenvalue weighted by Crippen LogP contribution is 2.38. The van der Waals surface area contributed by atoms with Crippen molar-refractivity contribution in [2.24, 2.45) is 10.4 Å². The van der Waals surface area contributed by atoms with Crippen molar-refractivity contribution in [1.29, 1.82) is 0 Å². The lowest BCUT2D eigenvalue weighted by Gasteiger charge is -2.36. The lowest BCUT2D eigenvalue weighted by Crippen LogP contribution is -2.43. The maximum Gasteiger partial charge on any atom is 0.336 e. The van der Waals surface area contributed by atoms with E-state index in [-0.39, 0.29) is 15.6 Å². The number of carbonyl (C=O) groups is 1. The zero-order chi connectivity index (χ0) is 27.5. The van der Waals surface area contributed by atoms with E-state index in [4.69, 9.17) is 11.6 Å². The number of H-pyrrole nitrogens is 1. The first-order valence-electron chi connectivity index (χ1n) is 12.1. The Balaban J connectivity index is 1.88. The Kier molecular flexibility index (Phi) is 8.76. The van der Waals surface area contributed by atoms with Gasteiger partial charge in [0.05, 0.1) is 22.6 Å². The number of amidine groups is 1. The minimum absolute atomic E-state index is 0.00203. The van der Waals surface area contributed by atoms with E-state index >= 15 is 0 Å². The van der Waals surface area contributed by atoms with Crippen molar-refractivity contribution in [3.63, 3.8) is 0 Å². The summed E-state index contributed by atoms with van der Waals surface area (Å²) in [6.45, 7) is 9.95. The van der Waals surface area contributed by atoms with Crippen LogP contribution < -0.4 is 0 Å². The summed E-state index contributed by atoms with van der Waals surface area (Å²) in [4.78, 5) is 18.2. The van der Waals surface area contributed by atoms with Crippen LogP contribution in [0.3, 0.4) is 0 Å². The average Bonchev–Trinajstić information content (AvgIpc) is 3.33. The molecule has 2 N–H and O–H groups in total. The summed E-state index contributed by atoms with van der Waals surface area (Å²) in [6.07, 6.45) is 2.49. The highest BCUT2D eigenvalue weighted by Gasteiger charge is 2.39. The lowest BCUT2D eigenvalue weighted by atomic mass is 9.86. The number of tetrazole rings is 1. The van der Waals surface area contributed by atoms with Gasteiger partial charge in [-0.1, -0.05) is 57.8 Å². The Labute approximate surface area is 222 Å². The van der Waals surface area contributed by atoms with Gasteiger partial charge in [0.2, 0.25) is 10.0 Å². The molecule has 0 aliphatic carbocycles. The van der Waals surface area contributed by atoms with E-state index < -0.39 is 33.5 Å². The third kappa shape index (κ3) is 6.19. The molecule has 0 spiro atoms. The molecule has 202 valence electrons. The summed E-state index contributed by atoms with van der Waals surface area (Å²) in [7, 11) is -2.37. The van der Waals surface area contributed by atoms with Crippen LogP contribution in [0.15, 0.2) is 44.9 Å². The Hall–Kier alpha value is -2.83. The zero-order valence-corrected chi connectivity index (χ0v) is 23.5. The van der Waals surface area contributed by atoms with Crippen LogP contribution in [0.5, 0.6) is 0 Å². The fourth-order valence-electron chi connectivity index (χ4n) is 4.50. The molecule has 13 heteroatoms. The molecule has 1 aliphatic heterocycles. The van der Waals surface area contributed by atoms with Crippen molar-refractivity contribution in [1.82, 2.24) is 29.8 Å². The fraction of sp³-hybridized carbons (Fsp3) is 0.542.